The first-order valence-electron chi connectivity index (χ1n) is 6.33. The number of benzene rings is 1. The molecule has 0 atom stereocenters. The van der Waals surface area contributed by atoms with Crippen molar-refractivity contribution >= 4 is 23.2 Å². The van der Waals surface area contributed by atoms with Crippen LogP contribution in [0.2, 0.25) is 0 Å². The van der Waals surface area contributed by atoms with Crippen LogP contribution < -0.4 is 10.7 Å². The number of carbonyl (C=O) groups excluding carboxylic acids is 2. The second-order valence-electron chi connectivity index (χ2n) is 4.83. The molecule has 0 bridgehead atoms. The van der Waals surface area contributed by atoms with Crippen molar-refractivity contribution in [2.45, 2.75) is 32.6 Å². The second kappa shape index (κ2) is 5.65. The third-order valence-electron chi connectivity index (χ3n) is 2.98. The molecular weight excluding hydrogens is 242 g/mol. The van der Waals surface area contributed by atoms with Crippen molar-refractivity contribution in [2.75, 3.05) is 5.32 Å². The number of hydrogen-bond donors (Lipinski definition) is 2. The quantitative estimate of drug-likeness (QED) is 0.871. The largest absolute Gasteiger partial charge is 0.321 e. The number of rotatable bonds is 3. The Labute approximate surface area is 112 Å². The molecule has 19 heavy (non-hydrogen) atoms. The number of nitrogens with one attached hydrogen (secondary N) is 2. The summed E-state index contributed by atoms with van der Waals surface area (Å²) < 4.78 is 0. The summed E-state index contributed by atoms with van der Waals surface area (Å²) >= 11 is 0. The molecule has 0 unspecified atom stereocenters. The monoisotopic (exact) mass is 259 g/mol. The van der Waals surface area contributed by atoms with E-state index in [0.29, 0.717) is 24.5 Å². The lowest BCUT2D eigenvalue weighted by atomic mass is 10.0. The molecule has 0 saturated carbocycles. The molecule has 2 N–H and O–H groups in total. The highest BCUT2D eigenvalue weighted by Crippen LogP contribution is 2.18. The van der Waals surface area contributed by atoms with Gasteiger partial charge in [0.1, 0.15) is 5.71 Å². The van der Waals surface area contributed by atoms with Crippen LogP contribution in [0.1, 0.15) is 38.2 Å². The highest BCUT2D eigenvalue weighted by atomic mass is 16.2. The fourth-order valence-corrected chi connectivity index (χ4v) is 1.82. The third kappa shape index (κ3) is 3.40. The maximum Gasteiger partial charge on any atom is 0.271 e. The molecule has 1 heterocycles. The molecule has 0 fully saturated rings. The molecule has 0 radical (unpaired) electrons. The molecule has 5 nitrogen and oxygen atoms in total. The highest BCUT2D eigenvalue weighted by molar-refractivity contribution is 6.43. The van der Waals surface area contributed by atoms with Crippen LogP contribution >= 0.6 is 0 Å². The summed E-state index contributed by atoms with van der Waals surface area (Å²) in [5.74, 6) is -0.0116. The van der Waals surface area contributed by atoms with Crippen molar-refractivity contribution in [2.24, 2.45) is 5.10 Å². The van der Waals surface area contributed by atoms with Crippen LogP contribution in [0, 0.1) is 0 Å². The van der Waals surface area contributed by atoms with Crippen molar-refractivity contribution in [3.8, 4) is 0 Å². The summed E-state index contributed by atoms with van der Waals surface area (Å²) in [6, 6.07) is 7.73. The van der Waals surface area contributed by atoms with Gasteiger partial charge in [0, 0.05) is 18.5 Å². The summed E-state index contributed by atoms with van der Waals surface area (Å²) in [5.41, 5.74) is 4.58. The summed E-state index contributed by atoms with van der Waals surface area (Å²) in [4.78, 5) is 22.9. The molecule has 0 aliphatic carbocycles. The van der Waals surface area contributed by atoms with Crippen LogP contribution in [0.3, 0.4) is 0 Å². The van der Waals surface area contributed by atoms with Gasteiger partial charge in [-0.3, -0.25) is 9.59 Å². The third-order valence-corrected chi connectivity index (χ3v) is 2.98. The van der Waals surface area contributed by atoms with Crippen LogP contribution in [-0.2, 0) is 9.59 Å². The minimum absolute atomic E-state index is 0.154. The number of amides is 2. The predicted octanol–water partition coefficient (Wildman–Crippen LogP) is 2.01. The van der Waals surface area contributed by atoms with Crippen molar-refractivity contribution in [1.82, 2.24) is 5.43 Å². The van der Waals surface area contributed by atoms with Gasteiger partial charge in [-0.2, -0.15) is 5.10 Å². The van der Waals surface area contributed by atoms with E-state index in [1.165, 1.54) is 0 Å². The van der Waals surface area contributed by atoms with Crippen LogP contribution in [0.15, 0.2) is 29.4 Å². The summed E-state index contributed by atoms with van der Waals surface area (Å²) in [7, 11) is 0. The molecule has 5 heteroatoms. The SMILES string of the molecule is CC(C)c1cccc(NC(=O)C2=NNC(=O)CC2)c1. The Balaban J connectivity index is 2.07. The standard InChI is InChI=1S/C14H17N3O2/c1-9(2)10-4-3-5-11(8-10)15-14(19)12-6-7-13(18)17-16-12/h3-5,8-9H,6-7H2,1-2H3,(H,15,19)(H,17,18). The Morgan fingerprint density at radius 3 is 2.79 bits per heavy atom. The Bertz CT molecular complexity index is 535. The van der Waals surface area contributed by atoms with Gasteiger partial charge in [-0.15, -0.1) is 0 Å². The van der Waals surface area contributed by atoms with Crippen LogP contribution in [-0.4, -0.2) is 17.5 Å². The van der Waals surface area contributed by atoms with Crippen molar-refractivity contribution in [3.05, 3.63) is 29.8 Å². The number of hydrogen-bond acceptors (Lipinski definition) is 3. The molecular formula is C14H17N3O2. The fourth-order valence-electron chi connectivity index (χ4n) is 1.82. The van der Waals surface area contributed by atoms with Gasteiger partial charge in [0.05, 0.1) is 0 Å². The van der Waals surface area contributed by atoms with E-state index in [1.54, 1.807) is 0 Å². The molecule has 2 rings (SSSR count). The van der Waals surface area contributed by atoms with Crippen LogP contribution in [0.5, 0.6) is 0 Å². The van der Waals surface area contributed by atoms with Gasteiger partial charge < -0.3 is 5.32 Å². The van der Waals surface area contributed by atoms with E-state index >= 15 is 0 Å². The average Bonchev–Trinajstić information content (AvgIpc) is 2.39. The molecule has 1 aliphatic heterocycles. The maximum atomic E-state index is 12.0. The number of nitrogens with zero attached hydrogens (tertiary/aromatic N) is 1. The van der Waals surface area contributed by atoms with E-state index in [-0.39, 0.29) is 11.8 Å². The lowest BCUT2D eigenvalue weighted by molar-refractivity contribution is -0.121. The number of anilines is 1. The first kappa shape index (κ1) is 13.3. The summed E-state index contributed by atoms with van der Waals surface area (Å²) in [6.07, 6.45) is 0.680. The number of carbonyl (C=O) groups is 2. The summed E-state index contributed by atoms with van der Waals surface area (Å²) in [6.45, 7) is 4.20. The van der Waals surface area contributed by atoms with E-state index in [4.69, 9.17) is 0 Å². The topological polar surface area (TPSA) is 70.6 Å². The predicted molar refractivity (Wildman–Crippen MR) is 74.0 cm³/mol. The Morgan fingerprint density at radius 1 is 1.37 bits per heavy atom. The molecule has 2 amide bonds. The smallest absolute Gasteiger partial charge is 0.271 e. The molecule has 100 valence electrons. The first-order valence-corrected chi connectivity index (χ1v) is 6.33. The lowest BCUT2D eigenvalue weighted by Crippen LogP contribution is -2.32. The normalized spacial score (nSPS) is 14.9. The van der Waals surface area contributed by atoms with Gasteiger partial charge >= 0.3 is 0 Å². The molecule has 1 aromatic rings. The minimum Gasteiger partial charge on any atom is -0.321 e. The number of hydrazone groups is 1. The van der Waals surface area contributed by atoms with E-state index < -0.39 is 0 Å². The molecule has 1 aromatic carbocycles. The van der Waals surface area contributed by atoms with Crippen LogP contribution in [0.4, 0.5) is 5.69 Å². The fraction of sp³-hybridized carbons (Fsp3) is 0.357. The maximum absolute atomic E-state index is 12.0. The average molecular weight is 259 g/mol. The lowest BCUT2D eigenvalue weighted by Gasteiger charge is -2.13. The van der Waals surface area contributed by atoms with Gasteiger partial charge in [0.2, 0.25) is 5.91 Å². The summed E-state index contributed by atoms with van der Waals surface area (Å²) in [5, 5.41) is 6.57. The zero-order chi connectivity index (χ0) is 13.8. The van der Waals surface area contributed by atoms with Crippen LogP contribution in [0.25, 0.3) is 0 Å². The van der Waals surface area contributed by atoms with Gasteiger partial charge in [-0.25, -0.2) is 5.43 Å². The molecule has 0 aromatic heterocycles. The molecule has 0 saturated heterocycles. The van der Waals surface area contributed by atoms with E-state index in [9.17, 15) is 9.59 Å². The Morgan fingerprint density at radius 2 is 2.16 bits per heavy atom. The first-order chi connectivity index (χ1) is 9.06. The van der Waals surface area contributed by atoms with Crippen molar-refractivity contribution in [3.63, 3.8) is 0 Å². The minimum atomic E-state index is -0.263. The van der Waals surface area contributed by atoms with Crippen molar-refractivity contribution in [1.29, 1.82) is 0 Å². The molecule has 0 spiro atoms. The van der Waals surface area contributed by atoms with E-state index in [2.05, 4.69) is 29.7 Å². The zero-order valence-electron chi connectivity index (χ0n) is 11.1. The highest BCUT2D eigenvalue weighted by Gasteiger charge is 2.18. The van der Waals surface area contributed by atoms with Gasteiger partial charge in [0.25, 0.3) is 5.91 Å². The van der Waals surface area contributed by atoms with Gasteiger partial charge in [-0.05, 0) is 23.6 Å². The van der Waals surface area contributed by atoms with Crippen molar-refractivity contribution < 1.29 is 9.59 Å². The molecule has 1 aliphatic rings. The van der Waals surface area contributed by atoms with Gasteiger partial charge in [-0.1, -0.05) is 26.0 Å². The second-order valence-corrected chi connectivity index (χ2v) is 4.83. The zero-order valence-corrected chi connectivity index (χ0v) is 11.1. The Kier molecular flexibility index (Phi) is 3.94. The van der Waals surface area contributed by atoms with Gasteiger partial charge in [0.15, 0.2) is 0 Å². The Hall–Kier alpha value is -2.17. The van der Waals surface area contributed by atoms with E-state index in [0.717, 1.165) is 11.3 Å². The van der Waals surface area contributed by atoms with E-state index in [1.807, 2.05) is 24.3 Å².